The summed E-state index contributed by atoms with van der Waals surface area (Å²) in [6.45, 7) is 2.72. The average Bonchev–Trinajstić information content (AvgIpc) is 2.87. The van der Waals surface area contributed by atoms with Crippen LogP contribution in [0.5, 0.6) is 0 Å². The van der Waals surface area contributed by atoms with Crippen LogP contribution in [0.25, 0.3) is 0 Å². The van der Waals surface area contributed by atoms with Crippen LogP contribution >= 0.6 is 0 Å². The van der Waals surface area contributed by atoms with Gasteiger partial charge in [-0.2, -0.15) is 4.36 Å². The topological polar surface area (TPSA) is 59.0 Å². The maximum atomic E-state index is 12.7. The fraction of sp³-hybridized carbons (Fsp3) is 0.533. The minimum atomic E-state index is -2.73. The highest BCUT2D eigenvalue weighted by atomic mass is 32.2. The lowest BCUT2D eigenvalue weighted by Gasteiger charge is -2.17. The first kappa shape index (κ1) is 16.0. The Balaban J connectivity index is 2.30. The molecule has 0 aliphatic carbocycles. The van der Waals surface area contributed by atoms with E-state index in [0.29, 0.717) is 24.5 Å². The Morgan fingerprint density at radius 3 is 2.43 bits per heavy atom. The van der Waals surface area contributed by atoms with Crippen LogP contribution in [0.1, 0.15) is 13.3 Å². The minimum absolute atomic E-state index is 0.329. The van der Waals surface area contributed by atoms with Crippen LogP contribution in [-0.4, -0.2) is 43.7 Å². The number of carbonyl (C=O) groups excluding carboxylic acids is 1. The molecule has 0 spiro atoms. The Morgan fingerprint density at radius 2 is 1.95 bits per heavy atom. The molecule has 0 unspecified atom stereocenters. The molecule has 0 aromatic heterocycles. The van der Waals surface area contributed by atoms with E-state index in [1.807, 2.05) is 38.1 Å². The van der Waals surface area contributed by atoms with E-state index in [9.17, 15) is 9.00 Å². The minimum Gasteiger partial charge on any atom is -0.380 e. The first-order valence-corrected chi connectivity index (χ1v) is 8.79. The third kappa shape index (κ3) is 3.44. The summed E-state index contributed by atoms with van der Waals surface area (Å²) in [6.07, 6.45) is 2.14. The predicted molar refractivity (Wildman–Crippen MR) is 84.1 cm³/mol. The van der Waals surface area contributed by atoms with Crippen molar-refractivity contribution >= 4 is 21.3 Å². The number of rotatable bonds is 3. The molecular formula is C15H22N2O3S. The largest absolute Gasteiger partial charge is 0.380 e. The van der Waals surface area contributed by atoms with Crippen molar-refractivity contribution in [3.8, 4) is 0 Å². The standard InChI is InChI=1S/C15H22N2O3S/c1-15(9-10-20-11-15)14(18)16-21(4,19)13-7-5-12(6-8-13)17(2)3/h5-8H,9-11H2,1-4H3/t15-,21+/m0/s1. The van der Waals surface area contributed by atoms with E-state index < -0.39 is 15.1 Å². The third-order valence-electron chi connectivity index (χ3n) is 3.78. The highest BCUT2D eigenvalue weighted by Crippen LogP contribution is 2.30. The molecule has 0 saturated carbocycles. The van der Waals surface area contributed by atoms with Crippen LogP contribution in [0.4, 0.5) is 5.69 Å². The first-order chi connectivity index (χ1) is 9.74. The zero-order chi connectivity index (χ0) is 15.7. The number of nitrogens with zero attached hydrogens (tertiary/aromatic N) is 2. The van der Waals surface area contributed by atoms with E-state index in [0.717, 1.165) is 5.69 Å². The molecule has 1 heterocycles. The number of amides is 1. The van der Waals surface area contributed by atoms with E-state index in [1.165, 1.54) is 6.26 Å². The summed E-state index contributed by atoms with van der Waals surface area (Å²) in [6, 6.07) is 7.28. The summed E-state index contributed by atoms with van der Waals surface area (Å²) in [4.78, 5) is 14.8. The van der Waals surface area contributed by atoms with Gasteiger partial charge < -0.3 is 9.64 Å². The van der Waals surface area contributed by atoms with Crippen LogP contribution in [0.2, 0.25) is 0 Å². The molecule has 116 valence electrons. The van der Waals surface area contributed by atoms with Crippen molar-refractivity contribution in [1.29, 1.82) is 0 Å². The van der Waals surface area contributed by atoms with Crippen LogP contribution in [0.15, 0.2) is 33.5 Å². The fourth-order valence-corrected chi connectivity index (χ4v) is 3.44. The van der Waals surface area contributed by atoms with Gasteiger partial charge in [0.1, 0.15) is 0 Å². The van der Waals surface area contributed by atoms with Gasteiger partial charge >= 0.3 is 0 Å². The predicted octanol–water partition coefficient (Wildman–Crippen LogP) is 2.16. The zero-order valence-electron chi connectivity index (χ0n) is 13.0. The molecule has 2 atom stereocenters. The number of anilines is 1. The second-order valence-corrected chi connectivity index (χ2v) is 8.21. The lowest BCUT2D eigenvalue weighted by molar-refractivity contribution is -0.126. The van der Waals surface area contributed by atoms with Gasteiger partial charge in [0.15, 0.2) is 0 Å². The number of carbonyl (C=O) groups is 1. The Labute approximate surface area is 126 Å². The highest BCUT2D eigenvalue weighted by molar-refractivity contribution is 7.93. The molecule has 1 aromatic rings. The van der Waals surface area contributed by atoms with Gasteiger partial charge in [0, 0.05) is 37.5 Å². The number of hydrogen-bond donors (Lipinski definition) is 0. The molecular weight excluding hydrogens is 288 g/mol. The van der Waals surface area contributed by atoms with Crippen molar-refractivity contribution in [3.63, 3.8) is 0 Å². The Bertz CT molecular complexity index is 637. The zero-order valence-corrected chi connectivity index (χ0v) is 13.8. The van der Waals surface area contributed by atoms with Crippen LogP contribution in [0, 0.1) is 5.41 Å². The van der Waals surface area contributed by atoms with Crippen LogP contribution in [0.3, 0.4) is 0 Å². The summed E-state index contributed by atoms with van der Waals surface area (Å²) >= 11 is 0. The fourth-order valence-electron chi connectivity index (χ4n) is 2.15. The molecule has 1 saturated heterocycles. The molecule has 5 nitrogen and oxygen atoms in total. The highest BCUT2D eigenvalue weighted by Gasteiger charge is 2.38. The SMILES string of the molecule is CN(C)c1ccc([S@@](C)(=O)=NC(=O)[C@@]2(C)CCOC2)cc1. The van der Waals surface area contributed by atoms with E-state index in [1.54, 1.807) is 12.1 Å². The van der Waals surface area contributed by atoms with E-state index in [4.69, 9.17) is 4.74 Å². The summed E-state index contributed by atoms with van der Waals surface area (Å²) in [5, 5.41) is 0. The smallest absolute Gasteiger partial charge is 0.262 e. The van der Waals surface area contributed by atoms with E-state index in [2.05, 4.69) is 4.36 Å². The number of benzene rings is 1. The van der Waals surface area contributed by atoms with Gasteiger partial charge in [0.2, 0.25) is 0 Å². The summed E-state index contributed by atoms with van der Waals surface area (Å²) in [5.41, 5.74) is 0.374. The van der Waals surface area contributed by atoms with E-state index in [-0.39, 0.29) is 5.91 Å². The van der Waals surface area contributed by atoms with Gasteiger partial charge in [0.05, 0.1) is 21.8 Å². The summed E-state index contributed by atoms with van der Waals surface area (Å²) < 4.78 is 22.0. The lowest BCUT2D eigenvalue weighted by Crippen LogP contribution is -2.27. The van der Waals surface area contributed by atoms with Gasteiger partial charge in [-0.05, 0) is 37.6 Å². The van der Waals surface area contributed by atoms with Crippen molar-refractivity contribution in [2.24, 2.45) is 9.78 Å². The number of hydrogen-bond acceptors (Lipinski definition) is 4. The van der Waals surface area contributed by atoms with Crippen LogP contribution < -0.4 is 4.90 Å². The molecule has 1 aliphatic heterocycles. The molecule has 1 fully saturated rings. The molecule has 0 radical (unpaired) electrons. The summed E-state index contributed by atoms with van der Waals surface area (Å²) in [7, 11) is 1.15. The van der Waals surface area contributed by atoms with Gasteiger partial charge in [0.25, 0.3) is 5.91 Å². The molecule has 0 bridgehead atoms. The quantitative estimate of drug-likeness (QED) is 0.858. The van der Waals surface area contributed by atoms with Crippen molar-refractivity contribution in [3.05, 3.63) is 24.3 Å². The maximum Gasteiger partial charge on any atom is 0.262 e. The molecule has 2 rings (SSSR count). The van der Waals surface area contributed by atoms with Gasteiger partial charge in [-0.25, -0.2) is 4.21 Å². The molecule has 1 aliphatic rings. The lowest BCUT2D eigenvalue weighted by atomic mass is 9.89. The van der Waals surface area contributed by atoms with Gasteiger partial charge in [-0.1, -0.05) is 0 Å². The van der Waals surface area contributed by atoms with Crippen LogP contribution in [-0.2, 0) is 19.3 Å². The van der Waals surface area contributed by atoms with E-state index >= 15 is 0 Å². The molecule has 0 N–H and O–H groups in total. The first-order valence-electron chi connectivity index (χ1n) is 6.86. The Kier molecular flexibility index (Phi) is 4.39. The van der Waals surface area contributed by atoms with Crippen molar-refractivity contribution in [2.75, 3.05) is 38.5 Å². The normalized spacial score (nSPS) is 24.4. The second kappa shape index (κ2) is 5.77. The molecule has 1 aromatic carbocycles. The van der Waals surface area contributed by atoms with Crippen molar-refractivity contribution in [1.82, 2.24) is 0 Å². The van der Waals surface area contributed by atoms with Crippen molar-refractivity contribution in [2.45, 2.75) is 18.2 Å². The molecule has 6 heteroatoms. The Hall–Kier alpha value is -1.40. The monoisotopic (exact) mass is 310 g/mol. The molecule has 1 amide bonds. The Morgan fingerprint density at radius 1 is 1.33 bits per heavy atom. The third-order valence-corrected chi connectivity index (χ3v) is 5.44. The second-order valence-electron chi connectivity index (χ2n) is 5.95. The molecule has 21 heavy (non-hydrogen) atoms. The maximum absolute atomic E-state index is 12.7. The van der Waals surface area contributed by atoms with Crippen molar-refractivity contribution < 1.29 is 13.7 Å². The number of ether oxygens (including phenoxy) is 1. The average molecular weight is 310 g/mol. The van der Waals surface area contributed by atoms with Gasteiger partial charge in [-0.15, -0.1) is 0 Å². The van der Waals surface area contributed by atoms with Gasteiger partial charge in [-0.3, -0.25) is 4.79 Å². The summed E-state index contributed by atoms with van der Waals surface area (Å²) in [5.74, 6) is -0.329.